The molecule has 88 valence electrons. The Bertz CT molecular complexity index is 558. The van der Waals surface area contributed by atoms with E-state index in [1.165, 1.54) is 11.1 Å². The molecule has 1 heterocycles. The van der Waals surface area contributed by atoms with Crippen molar-refractivity contribution in [3.8, 4) is 11.3 Å². The minimum Gasteiger partial charge on any atom is -0.369 e. The predicted molar refractivity (Wildman–Crippen MR) is 66.4 cm³/mol. The number of carbonyl (C=O) groups is 1. The molecular formula is C13H15N3O. The van der Waals surface area contributed by atoms with Crippen LogP contribution in [0.2, 0.25) is 0 Å². The molecule has 0 unspecified atom stereocenters. The molecule has 0 bridgehead atoms. The number of nitrogens with one attached hydrogen (secondary N) is 1. The van der Waals surface area contributed by atoms with E-state index in [0.717, 1.165) is 11.3 Å². The van der Waals surface area contributed by atoms with Gasteiger partial charge in [0.25, 0.3) is 0 Å². The van der Waals surface area contributed by atoms with Gasteiger partial charge >= 0.3 is 0 Å². The van der Waals surface area contributed by atoms with Crippen LogP contribution in [0.25, 0.3) is 11.3 Å². The molecule has 0 spiro atoms. The van der Waals surface area contributed by atoms with Crippen LogP contribution in [0, 0.1) is 13.8 Å². The number of rotatable bonds is 3. The first kappa shape index (κ1) is 11.4. The van der Waals surface area contributed by atoms with Gasteiger partial charge in [-0.15, -0.1) is 0 Å². The summed E-state index contributed by atoms with van der Waals surface area (Å²) in [6.07, 6.45) is 1.87. The van der Waals surface area contributed by atoms with Gasteiger partial charge in [0, 0.05) is 0 Å². The van der Waals surface area contributed by atoms with E-state index < -0.39 is 0 Å². The van der Waals surface area contributed by atoms with Crippen molar-refractivity contribution in [1.29, 1.82) is 0 Å². The van der Waals surface area contributed by atoms with E-state index >= 15 is 0 Å². The number of aryl methyl sites for hydroxylation is 2. The zero-order valence-corrected chi connectivity index (χ0v) is 9.95. The van der Waals surface area contributed by atoms with E-state index in [1.54, 1.807) is 6.20 Å². The second-order valence-electron chi connectivity index (χ2n) is 4.19. The first-order chi connectivity index (χ1) is 8.06. The number of nitrogens with two attached hydrogens (primary N) is 1. The van der Waals surface area contributed by atoms with Crippen LogP contribution in [0.4, 0.5) is 0 Å². The summed E-state index contributed by atoms with van der Waals surface area (Å²) >= 11 is 0. The molecule has 0 aliphatic carbocycles. The highest BCUT2D eigenvalue weighted by atomic mass is 16.1. The second-order valence-corrected chi connectivity index (χ2v) is 4.19. The van der Waals surface area contributed by atoms with E-state index in [9.17, 15) is 4.79 Å². The predicted octanol–water partition coefficient (Wildman–Crippen LogP) is 1.72. The summed E-state index contributed by atoms with van der Waals surface area (Å²) in [5, 5.41) is 0. The summed E-state index contributed by atoms with van der Waals surface area (Å²) in [5.74, 6) is 0.219. The highest BCUT2D eigenvalue weighted by Gasteiger charge is 2.06. The molecular weight excluding hydrogens is 214 g/mol. The fraction of sp³-hybridized carbons (Fsp3) is 0.231. The maximum atomic E-state index is 10.8. The smallest absolute Gasteiger partial charge is 0.225 e. The van der Waals surface area contributed by atoms with Crippen LogP contribution in [-0.4, -0.2) is 15.9 Å². The lowest BCUT2D eigenvalue weighted by molar-refractivity contribution is -0.117. The third-order valence-corrected chi connectivity index (χ3v) is 2.79. The Hall–Kier alpha value is -2.10. The summed E-state index contributed by atoms with van der Waals surface area (Å²) in [4.78, 5) is 18.0. The number of amides is 1. The summed E-state index contributed by atoms with van der Waals surface area (Å²) in [5.41, 5.74) is 9.58. The molecule has 0 atom stereocenters. The molecule has 17 heavy (non-hydrogen) atoms. The number of benzene rings is 1. The summed E-state index contributed by atoms with van der Waals surface area (Å²) < 4.78 is 0. The van der Waals surface area contributed by atoms with Crippen molar-refractivity contribution in [1.82, 2.24) is 9.97 Å². The molecule has 0 aliphatic rings. The Labute approximate surface area is 99.9 Å². The van der Waals surface area contributed by atoms with Crippen LogP contribution < -0.4 is 5.73 Å². The molecule has 1 aromatic heterocycles. The number of nitrogens with zero attached hydrogens (tertiary/aromatic N) is 1. The Morgan fingerprint density at radius 3 is 2.76 bits per heavy atom. The van der Waals surface area contributed by atoms with Crippen LogP contribution in [-0.2, 0) is 11.2 Å². The second kappa shape index (κ2) is 4.41. The van der Waals surface area contributed by atoms with E-state index in [-0.39, 0.29) is 12.3 Å². The molecule has 1 aromatic carbocycles. The molecule has 2 aromatic rings. The number of aromatic amines is 1. The molecule has 1 amide bonds. The number of carbonyl (C=O) groups excluding carboxylic acids is 1. The highest BCUT2D eigenvalue weighted by Crippen LogP contribution is 2.20. The highest BCUT2D eigenvalue weighted by molar-refractivity contribution is 5.76. The average molecular weight is 229 g/mol. The van der Waals surface area contributed by atoms with Gasteiger partial charge in [0.1, 0.15) is 5.82 Å². The van der Waals surface area contributed by atoms with Gasteiger partial charge in [0.2, 0.25) is 5.91 Å². The summed E-state index contributed by atoms with van der Waals surface area (Å²) in [6.45, 7) is 4.14. The first-order valence-corrected chi connectivity index (χ1v) is 5.46. The van der Waals surface area contributed by atoms with Crippen LogP contribution >= 0.6 is 0 Å². The molecule has 0 saturated carbocycles. The number of H-pyrrole nitrogens is 1. The lowest BCUT2D eigenvalue weighted by Gasteiger charge is -2.02. The van der Waals surface area contributed by atoms with Crippen molar-refractivity contribution in [3.05, 3.63) is 41.3 Å². The standard InChI is InChI=1S/C13H15N3O/c1-8-3-4-10(5-9(8)2)11-7-15-13(16-11)6-12(14)17/h3-5,7H,6H2,1-2H3,(H2,14,17)(H,15,16). The van der Waals surface area contributed by atoms with Crippen LogP contribution in [0.1, 0.15) is 17.0 Å². The molecule has 4 heteroatoms. The Balaban J connectivity index is 2.30. The van der Waals surface area contributed by atoms with Crippen molar-refractivity contribution in [3.63, 3.8) is 0 Å². The maximum Gasteiger partial charge on any atom is 0.225 e. The van der Waals surface area contributed by atoms with E-state index in [1.807, 2.05) is 6.07 Å². The van der Waals surface area contributed by atoms with Crippen molar-refractivity contribution in [2.75, 3.05) is 0 Å². The number of hydrogen-bond donors (Lipinski definition) is 2. The van der Waals surface area contributed by atoms with Crippen molar-refractivity contribution in [2.45, 2.75) is 20.3 Å². The number of primary amides is 1. The molecule has 4 nitrogen and oxygen atoms in total. The van der Waals surface area contributed by atoms with Gasteiger partial charge in [0.05, 0.1) is 18.3 Å². The van der Waals surface area contributed by atoms with E-state index in [0.29, 0.717) is 5.82 Å². The third kappa shape index (κ3) is 2.53. The van der Waals surface area contributed by atoms with Gasteiger partial charge in [-0.2, -0.15) is 0 Å². The normalized spacial score (nSPS) is 10.5. The molecule has 2 rings (SSSR count). The molecule has 0 fully saturated rings. The lowest BCUT2D eigenvalue weighted by Crippen LogP contribution is -2.14. The zero-order chi connectivity index (χ0) is 12.4. The van der Waals surface area contributed by atoms with Crippen LogP contribution in [0.5, 0.6) is 0 Å². The molecule has 0 saturated heterocycles. The maximum absolute atomic E-state index is 10.8. The largest absolute Gasteiger partial charge is 0.369 e. The van der Waals surface area contributed by atoms with Crippen molar-refractivity contribution in [2.24, 2.45) is 5.73 Å². The van der Waals surface area contributed by atoms with Crippen molar-refractivity contribution < 1.29 is 4.79 Å². The third-order valence-electron chi connectivity index (χ3n) is 2.79. The number of aromatic nitrogens is 2. The van der Waals surface area contributed by atoms with Gasteiger partial charge in [-0.3, -0.25) is 4.79 Å². The topological polar surface area (TPSA) is 71.8 Å². The molecule has 0 radical (unpaired) electrons. The minimum absolute atomic E-state index is 0.144. The van der Waals surface area contributed by atoms with Gasteiger partial charge in [-0.25, -0.2) is 4.98 Å². The van der Waals surface area contributed by atoms with Crippen LogP contribution in [0.15, 0.2) is 24.4 Å². The van der Waals surface area contributed by atoms with Gasteiger partial charge in [-0.1, -0.05) is 12.1 Å². The van der Waals surface area contributed by atoms with E-state index in [2.05, 4.69) is 35.9 Å². The number of hydrogen-bond acceptors (Lipinski definition) is 2. The van der Waals surface area contributed by atoms with Gasteiger partial charge in [0.15, 0.2) is 0 Å². The Kier molecular flexibility index (Phi) is 2.95. The first-order valence-electron chi connectivity index (χ1n) is 5.46. The molecule has 3 N–H and O–H groups in total. The monoisotopic (exact) mass is 229 g/mol. The average Bonchev–Trinajstić information content (AvgIpc) is 2.69. The SMILES string of the molecule is Cc1ccc(-c2cnc(CC(N)=O)[nH]2)cc1C. The van der Waals surface area contributed by atoms with E-state index in [4.69, 9.17) is 5.73 Å². The quantitative estimate of drug-likeness (QED) is 0.841. The number of imidazole rings is 1. The minimum atomic E-state index is -0.383. The Morgan fingerprint density at radius 2 is 2.12 bits per heavy atom. The fourth-order valence-electron chi connectivity index (χ4n) is 1.67. The van der Waals surface area contributed by atoms with Crippen LogP contribution in [0.3, 0.4) is 0 Å². The summed E-state index contributed by atoms with van der Waals surface area (Å²) in [6, 6.07) is 6.19. The van der Waals surface area contributed by atoms with Crippen molar-refractivity contribution >= 4 is 5.91 Å². The lowest BCUT2D eigenvalue weighted by atomic mass is 10.1. The summed E-state index contributed by atoms with van der Waals surface area (Å²) in [7, 11) is 0. The fourth-order valence-corrected chi connectivity index (χ4v) is 1.67. The molecule has 0 aliphatic heterocycles. The van der Waals surface area contributed by atoms with Gasteiger partial charge < -0.3 is 10.7 Å². The Morgan fingerprint density at radius 1 is 1.35 bits per heavy atom. The van der Waals surface area contributed by atoms with Gasteiger partial charge in [-0.05, 0) is 36.6 Å². The zero-order valence-electron chi connectivity index (χ0n) is 9.95.